The third-order valence-electron chi connectivity index (χ3n) is 3.83. The Hall–Kier alpha value is -2.81. The molecule has 1 aliphatic heterocycles. The lowest BCUT2D eigenvalue weighted by atomic mass is 9.90. The average molecular weight is 349 g/mol. The molecule has 2 aromatic rings. The van der Waals surface area contributed by atoms with Crippen LogP contribution in [0.25, 0.3) is 0 Å². The Labute approximate surface area is 142 Å². The summed E-state index contributed by atoms with van der Waals surface area (Å²) in [6.45, 7) is 1.29. The van der Waals surface area contributed by atoms with E-state index in [9.17, 15) is 8.78 Å². The van der Waals surface area contributed by atoms with Gasteiger partial charge in [0.2, 0.25) is 6.36 Å². The van der Waals surface area contributed by atoms with Crippen molar-refractivity contribution >= 4 is 17.3 Å². The number of hydrogen-bond donors (Lipinski definition) is 2. The summed E-state index contributed by atoms with van der Waals surface area (Å²) in [6, 6.07) is 4.13. The fraction of sp³-hybridized carbons (Fsp3) is 0.312. The molecule has 7 nitrogen and oxygen atoms in total. The minimum atomic E-state index is -1.82. The van der Waals surface area contributed by atoms with Crippen LogP contribution < -0.4 is 15.8 Å². The smallest absolute Gasteiger partial charge is 0.257 e. The molecule has 1 aromatic carbocycles. The van der Waals surface area contributed by atoms with E-state index in [1.165, 1.54) is 44.6 Å². The number of halogens is 2. The lowest BCUT2D eigenvalue weighted by molar-refractivity contribution is -0.0805. The Balaban J connectivity index is 2.00. The third-order valence-corrected chi connectivity index (χ3v) is 3.83. The molecule has 25 heavy (non-hydrogen) atoms. The number of alkyl halides is 1. The van der Waals surface area contributed by atoms with Crippen LogP contribution in [-0.4, -0.2) is 35.9 Å². The zero-order chi connectivity index (χ0) is 18.0. The van der Waals surface area contributed by atoms with Crippen LogP contribution in [0.5, 0.6) is 5.88 Å². The molecule has 0 unspecified atom stereocenters. The lowest BCUT2D eigenvalue weighted by Gasteiger charge is -2.33. The van der Waals surface area contributed by atoms with Crippen LogP contribution in [0.15, 0.2) is 35.6 Å². The Kier molecular flexibility index (Phi) is 4.49. The zero-order valence-corrected chi connectivity index (χ0v) is 13.7. The van der Waals surface area contributed by atoms with E-state index in [-0.39, 0.29) is 23.9 Å². The Morgan fingerprint density at radius 2 is 2.12 bits per heavy atom. The standard InChI is InChI=1S/C16H17F2N5O2/c1-16(15(18)25-8-12(19)23-16)10-7-9(3-4-11(10)17)22-13-14(24-2)21-6-5-20-13/h3-7,15H,8H2,1-2H3,(H2,19,23)(H,20,22)/t15-,16+/m0/s1. The number of nitrogens with one attached hydrogen (secondary N) is 1. The van der Waals surface area contributed by atoms with Crippen LogP contribution in [0.4, 0.5) is 20.3 Å². The number of aromatic nitrogens is 2. The van der Waals surface area contributed by atoms with Crippen molar-refractivity contribution in [3.8, 4) is 5.88 Å². The lowest BCUT2D eigenvalue weighted by Crippen LogP contribution is -2.43. The van der Waals surface area contributed by atoms with Gasteiger partial charge in [-0.3, -0.25) is 4.99 Å². The maximum Gasteiger partial charge on any atom is 0.257 e. The molecule has 0 amide bonds. The molecule has 0 saturated heterocycles. The number of rotatable bonds is 4. The number of aliphatic imine (C=N–C) groups is 1. The van der Waals surface area contributed by atoms with Crippen LogP contribution in [-0.2, 0) is 10.3 Å². The van der Waals surface area contributed by atoms with Crippen LogP contribution in [0, 0.1) is 5.82 Å². The molecule has 3 N–H and O–H groups in total. The second kappa shape index (κ2) is 6.60. The van der Waals surface area contributed by atoms with E-state index < -0.39 is 17.7 Å². The molecule has 0 bridgehead atoms. The van der Waals surface area contributed by atoms with E-state index in [0.29, 0.717) is 11.5 Å². The highest BCUT2D eigenvalue weighted by Gasteiger charge is 2.42. The topological polar surface area (TPSA) is 94.7 Å². The van der Waals surface area contributed by atoms with Gasteiger partial charge in [0.25, 0.3) is 5.88 Å². The molecule has 1 aliphatic rings. The number of amidine groups is 1. The maximum absolute atomic E-state index is 14.4. The molecule has 0 saturated carbocycles. The molecule has 0 spiro atoms. The second-order valence-electron chi connectivity index (χ2n) is 5.61. The first-order valence-electron chi connectivity index (χ1n) is 7.46. The monoisotopic (exact) mass is 349 g/mol. The number of hydrogen-bond acceptors (Lipinski definition) is 7. The molecule has 0 fully saturated rings. The van der Waals surface area contributed by atoms with Gasteiger partial charge in [-0.1, -0.05) is 0 Å². The van der Waals surface area contributed by atoms with Gasteiger partial charge in [0, 0.05) is 23.6 Å². The molecular formula is C16H17F2N5O2. The molecule has 9 heteroatoms. The first-order valence-corrected chi connectivity index (χ1v) is 7.46. The number of methoxy groups -OCH3 is 1. The van der Waals surface area contributed by atoms with Crippen molar-refractivity contribution in [2.24, 2.45) is 10.7 Å². The predicted octanol–water partition coefficient (Wildman–Crippen LogP) is 2.27. The predicted molar refractivity (Wildman–Crippen MR) is 88.1 cm³/mol. The van der Waals surface area contributed by atoms with Crippen molar-refractivity contribution in [1.29, 1.82) is 0 Å². The molecular weight excluding hydrogens is 332 g/mol. The van der Waals surface area contributed by atoms with Gasteiger partial charge in [-0.25, -0.2) is 18.7 Å². The summed E-state index contributed by atoms with van der Waals surface area (Å²) in [5.74, 6) is 0.0901. The van der Waals surface area contributed by atoms with Crippen molar-refractivity contribution in [3.05, 3.63) is 42.0 Å². The summed E-state index contributed by atoms with van der Waals surface area (Å²) < 4.78 is 38.8. The molecule has 0 radical (unpaired) electrons. The highest BCUT2D eigenvalue weighted by Crippen LogP contribution is 2.37. The van der Waals surface area contributed by atoms with Gasteiger partial charge in [0.05, 0.1) is 7.11 Å². The van der Waals surface area contributed by atoms with Gasteiger partial charge in [-0.2, -0.15) is 0 Å². The van der Waals surface area contributed by atoms with Crippen molar-refractivity contribution in [3.63, 3.8) is 0 Å². The molecule has 132 valence electrons. The Morgan fingerprint density at radius 3 is 2.88 bits per heavy atom. The van der Waals surface area contributed by atoms with E-state index in [0.717, 1.165) is 0 Å². The number of benzene rings is 1. The minimum absolute atomic E-state index is 0.00973. The molecule has 3 rings (SSSR count). The summed E-state index contributed by atoms with van der Waals surface area (Å²) in [4.78, 5) is 12.2. The summed E-state index contributed by atoms with van der Waals surface area (Å²) in [7, 11) is 1.46. The summed E-state index contributed by atoms with van der Waals surface area (Å²) in [6.07, 6.45) is 1.13. The number of nitrogens with zero attached hydrogens (tertiary/aromatic N) is 3. The summed E-state index contributed by atoms with van der Waals surface area (Å²) in [5.41, 5.74) is 4.53. The molecule has 2 atom stereocenters. The van der Waals surface area contributed by atoms with Gasteiger partial charge >= 0.3 is 0 Å². The van der Waals surface area contributed by atoms with Gasteiger partial charge in [-0.15, -0.1) is 0 Å². The van der Waals surface area contributed by atoms with Gasteiger partial charge in [-0.05, 0) is 25.1 Å². The fourth-order valence-corrected chi connectivity index (χ4v) is 2.57. The van der Waals surface area contributed by atoms with Crippen LogP contribution in [0.2, 0.25) is 0 Å². The summed E-state index contributed by atoms with van der Waals surface area (Å²) >= 11 is 0. The molecule has 1 aromatic heterocycles. The van der Waals surface area contributed by atoms with Crippen molar-refractivity contribution in [1.82, 2.24) is 9.97 Å². The number of nitrogens with two attached hydrogens (primary N) is 1. The first-order chi connectivity index (χ1) is 11.9. The maximum atomic E-state index is 14.4. The Morgan fingerprint density at radius 1 is 1.36 bits per heavy atom. The fourth-order valence-electron chi connectivity index (χ4n) is 2.57. The van der Waals surface area contributed by atoms with Crippen molar-refractivity contribution in [2.45, 2.75) is 18.8 Å². The van der Waals surface area contributed by atoms with Gasteiger partial charge in [0.1, 0.15) is 23.8 Å². The second-order valence-corrected chi connectivity index (χ2v) is 5.61. The Bertz CT molecular complexity index is 817. The van der Waals surface area contributed by atoms with E-state index in [4.69, 9.17) is 15.2 Å². The van der Waals surface area contributed by atoms with Gasteiger partial charge < -0.3 is 20.5 Å². The van der Waals surface area contributed by atoms with E-state index in [1.807, 2.05) is 0 Å². The molecule has 2 heterocycles. The van der Waals surface area contributed by atoms with E-state index in [2.05, 4.69) is 20.3 Å². The van der Waals surface area contributed by atoms with Crippen molar-refractivity contribution < 1.29 is 18.3 Å². The summed E-state index contributed by atoms with van der Waals surface area (Å²) in [5, 5.41) is 2.97. The number of ether oxygens (including phenoxy) is 2. The van der Waals surface area contributed by atoms with E-state index >= 15 is 0 Å². The highest BCUT2D eigenvalue weighted by molar-refractivity contribution is 5.82. The van der Waals surface area contributed by atoms with Crippen LogP contribution >= 0.6 is 0 Å². The minimum Gasteiger partial charge on any atom is -0.478 e. The normalized spacial score (nSPS) is 23.0. The van der Waals surface area contributed by atoms with Crippen LogP contribution in [0.1, 0.15) is 12.5 Å². The first kappa shape index (κ1) is 17.0. The average Bonchev–Trinajstić information content (AvgIpc) is 2.60. The quantitative estimate of drug-likeness (QED) is 0.879. The third kappa shape index (κ3) is 3.22. The SMILES string of the molecule is COc1nccnc1Nc1ccc(F)c([C@@]2(C)N=C(N)CO[C@@H]2F)c1. The van der Waals surface area contributed by atoms with E-state index in [1.54, 1.807) is 0 Å². The van der Waals surface area contributed by atoms with Gasteiger partial charge in [0.15, 0.2) is 5.82 Å². The zero-order valence-electron chi connectivity index (χ0n) is 13.7. The van der Waals surface area contributed by atoms with Crippen molar-refractivity contribution in [2.75, 3.05) is 19.0 Å². The van der Waals surface area contributed by atoms with Crippen LogP contribution in [0.3, 0.4) is 0 Å². The largest absolute Gasteiger partial charge is 0.478 e. The number of anilines is 2. The highest BCUT2D eigenvalue weighted by atomic mass is 19.1. The molecule has 0 aliphatic carbocycles.